The summed E-state index contributed by atoms with van der Waals surface area (Å²) in [4.78, 5) is 35.3. The molecule has 1 aliphatic rings. The van der Waals surface area contributed by atoms with Crippen molar-refractivity contribution in [2.24, 2.45) is 11.8 Å². The number of hydrogen-bond donors (Lipinski definition) is 3. The number of carboxylic acids is 1. The van der Waals surface area contributed by atoms with Crippen molar-refractivity contribution in [1.29, 1.82) is 0 Å². The molecule has 0 radical (unpaired) electrons. The highest BCUT2D eigenvalue weighted by molar-refractivity contribution is 6.05. The second kappa shape index (κ2) is 7.00. The fourth-order valence-corrected chi connectivity index (χ4v) is 2.81. The minimum absolute atomic E-state index is 0.0173. The number of rotatable bonds is 5. The molecule has 134 valence electrons. The first-order chi connectivity index (χ1) is 12.3. The summed E-state index contributed by atoms with van der Waals surface area (Å²) in [5, 5.41) is 14.6. The fraction of sp³-hybridized carbons (Fsp3) is 0.250. The topological polar surface area (TPSA) is 95.5 Å². The number of aromatic carboxylic acids is 1. The largest absolute Gasteiger partial charge is 0.478 e. The number of carbonyl (C=O) groups is 3. The van der Waals surface area contributed by atoms with E-state index in [-0.39, 0.29) is 23.3 Å². The molecule has 2 unspecified atom stereocenters. The van der Waals surface area contributed by atoms with Gasteiger partial charge in [-0.15, -0.1) is 0 Å². The number of nitrogens with one attached hydrogen (secondary N) is 2. The molecule has 0 spiro atoms. The fourth-order valence-electron chi connectivity index (χ4n) is 2.81. The van der Waals surface area contributed by atoms with E-state index in [4.69, 9.17) is 5.11 Å². The van der Waals surface area contributed by atoms with Crippen LogP contribution in [0.1, 0.15) is 39.6 Å². The molecule has 1 saturated carbocycles. The molecular weight excluding hydrogens is 332 g/mol. The summed E-state index contributed by atoms with van der Waals surface area (Å²) in [6.07, 6.45) is 0.923. The van der Waals surface area contributed by atoms with Gasteiger partial charge in [0.1, 0.15) is 0 Å². The lowest BCUT2D eigenvalue weighted by molar-refractivity contribution is -0.117. The van der Waals surface area contributed by atoms with Crippen LogP contribution < -0.4 is 10.6 Å². The van der Waals surface area contributed by atoms with Crippen LogP contribution in [-0.2, 0) is 4.79 Å². The first kappa shape index (κ1) is 17.7. The van der Waals surface area contributed by atoms with E-state index >= 15 is 0 Å². The molecule has 6 nitrogen and oxygen atoms in total. The van der Waals surface area contributed by atoms with Crippen molar-refractivity contribution < 1.29 is 19.5 Å². The zero-order valence-corrected chi connectivity index (χ0v) is 14.6. The summed E-state index contributed by atoms with van der Waals surface area (Å²) in [7, 11) is 0. The van der Waals surface area contributed by atoms with E-state index in [2.05, 4.69) is 10.6 Å². The number of amides is 2. The van der Waals surface area contributed by atoms with Gasteiger partial charge in [-0.3, -0.25) is 9.59 Å². The van der Waals surface area contributed by atoms with Crippen molar-refractivity contribution in [1.82, 2.24) is 0 Å². The Balaban J connectivity index is 1.63. The van der Waals surface area contributed by atoms with Gasteiger partial charge in [0.05, 0.1) is 5.56 Å². The van der Waals surface area contributed by atoms with E-state index in [9.17, 15) is 14.4 Å². The average molecular weight is 352 g/mol. The van der Waals surface area contributed by atoms with E-state index in [1.165, 1.54) is 6.07 Å². The van der Waals surface area contributed by atoms with Crippen molar-refractivity contribution in [3.63, 3.8) is 0 Å². The zero-order chi connectivity index (χ0) is 18.8. The third-order valence-electron chi connectivity index (χ3n) is 4.58. The van der Waals surface area contributed by atoms with Gasteiger partial charge in [-0.05, 0) is 67.3 Å². The molecule has 0 bridgehead atoms. The van der Waals surface area contributed by atoms with Gasteiger partial charge in [-0.1, -0.05) is 6.92 Å². The molecule has 0 aliphatic heterocycles. The van der Waals surface area contributed by atoms with Crippen molar-refractivity contribution >= 4 is 29.2 Å². The van der Waals surface area contributed by atoms with Crippen LogP contribution in [0.2, 0.25) is 0 Å². The maximum atomic E-state index is 12.3. The van der Waals surface area contributed by atoms with Crippen molar-refractivity contribution in [3.8, 4) is 0 Å². The third-order valence-corrected chi connectivity index (χ3v) is 4.58. The van der Waals surface area contributed by atoms with Crippen LogP contribution in [-0.4, -0.2) is 22.9 Å². The summed E-state index contributed by atoms with van der Waals surface area (Å²) in [5.41, 5.74) is 2.41. The molecule has 2 atom stereocenters. The lowest BCUT2D eigenvalue weighted by Gasteiger charge is -2.09. The average Bonchev–Trinajstić information content (AvgIpc) is 3.32. The molecule has 26 heavy (non-hydrogen) atoms. The van der Waals surface area contributed by atoms with E-state index in [1.54, 1.807) is 43.3 Å². The number of anilines is 2. The molecule has 0 heterocycles. The highest BCUT2D eigenvalue weighted by Crippen LogP contribution is 2.38. The monoisotopic (exact) mass is 352 g/mol. The van der Waals surface area contributed by atoms with Crippen LogP contribution in [0.4, 0.5) is 11.4 Å². The van der Waals surface area contributed by atoms with Gasteiger partial charge in [0.25, 0.3) is 5.91 Å². The molecule has 3 N–H and O–H groups in total. The minimum Gasteiger partial charge on any atom is -0.478 e. The standard InChI is InChI=1S/C20H20N2O4/c1-11-9-15(7-8-16(11)20(25)26)22-18(23)13-3-5-14(6-4-13)21-19(24)17-10-12(17)2/h3-9,12,17H,10H2,1-2H3,(H,21,24)(H,22,23)(H,25,26). The molecule has 2 amide bonds. The van der Waals surface area contributed by atoms with Crippen LogP contribution in [0.3, 0.4) is 0 Å². The van der Waals surface area contributed by atoms with Crippen LogP contribution in [0.15, 0.2) is 42.5 Å². The number of hydrogen-bond acceptors (Lipinski definition) is 3. The van der Waals surface area contributed by atoms with E-state index in [1.807, 2.05) is 6.92 Å². The summed E-state index contributed by atoms with van der Waals surface area (Å²) < 4.78 is 0. The van der Waals surface area contributed by atoms with Gasteiger partial charge < -0.3 is 15.7 Å². The maximum absolute atomic E-state index is 12.3. The molecular formula is C20H20N2O4. The van der Waals surface area contributed by atoms with E-state index in [0.29, 0.717) is 28.4 Å². The molecule has 6 heteroatoms. The molecule has 1 fully saturated rings. The van der Waals surface area contributed by atoms with Crippen molar-refractivity contribution in [2.45, 2.75) is 20.3 Å². The Morgan fingerprint density at radius 1 is 1.00 bits per heavy atom. The molecule has 2 aromatic carbocycles. The maximum Gasteiger partial charge on any atom is 0.335 e. The molecule has 3 rings (SSSR count). The van der Waals surface area contributed by atoms with Gasteiger partial charge in [0, 0.05) is 22.9 Å². The molecule has 2 aromatic rings. The van der Waals surface area contributed by atoms with Crippen molar-refractivity contribution in [3.05, 3.63) is 59.2 Å². The lowest BCUT2D eigenvalue weighted by atomic mass is 10.1. The summed E-state index contributed by atoms with van der Waals surface area (Å²) in [5.74, 6) is -0.755. The molecule has 0 aromatic heterocycles. The Labute approximate surface area is 151 Å². The number of benzene rings is 2. The zero-order valence-electron chi connectivity index (χ0n) is 14.6. The quantitative estimate of drug-likeness (QED) is 0.767. The number of aryl methyl sites for hydroxylation is 1. The number of carboxylic acid groups (broad SMARTS) is 1. The predicted octanol–water partition coefficient (Wildman–Crippen LogP) is 3.54. The van der Waals surface area contributed by atoms with Gasteiger partial charge >= 0.3 is 5.97 Å². The second-order valence-corrected chi connectivity index (χ2v) is 6.68. The summed E-state index contributed by atoms with van der Waals surface area (Å²) >= 11 is 0. The lowest BCUT2D eigenvalue weighted by Crippen LogP contribution is -2.15. The Morgan fingerprint density at radius 3 is 2.15 bits per heavy atom. The minimum atomic E-state index is -1.00. The highest BCUT2D eigenvalue weighted by atomic mass is 16.4. The summed E-state index contributed by atoms with van der Waals surface area (Å²) in [6, 6.07) is 11.3. The SMILES string of the molecule is Cc1cc(NC(=O)c2ccc(NC(=O)C3CC3C)cc2)ccc1C(=O)O. The van der Waals surface area contributed by atoms with Crippen LogP contribution in [0, 0.1) is 18.8 Å². The van der Waals surface area contributed by atoms with Gasteiger partial charge in [0.2, 0.25) is 5.91 Å². The first-order valence-electron chi connectivity index (χ1n) is 8.41. The Hall–Kier alpha value is -3.15. The highest BCUT2D eigenvalue weighted by Gasteiger charge is 2.39. The number of carbonyl (C=O) groups excluding carboxylic acids is 2. The third kappa shape index (κ3) is 3.91. The Morgan fingerprint density at radius 2 is 1.62 bits per heavy atom. The summed E-state index contributed by atoms with van der Waals surface area (Å²) in [6.45, 7) is 3.72. The van der Waals surface area contributed by atoms with Gasteiger partial charge in [0.15, 0.2) is 0 Å². The normalized spacial score (nSPS) is 18.1. The van der Waals surface area contributed by atoms with Gasteiger partial charge in [-0.2, -0.15) is 0 Å². The predicted molar refractivity (Wildman–Crippen MR) is 98.4 cm³/mol. The smallest absolute Gasteiger partial charge is 0.335 e. The van der Waals surface area contributed by atoms with Gasteiger partial charge in [-0.25, -0.2) is 4.79 Å². The van der Waals surface area contributed by atoms with Crippen LogP contribution in [0.25, 0.3) is 0 Å². The van der Waals surface area contributed by atoms with Crippen LogP contribution >= 0.6 is 0 Å². The van der Waals surface area contributed by atoms with E-state index < -0.39 is 5.97 Å². The molecule has 1 aliphatic carbocycles. The first-order valence-corrected chi connectivity index (χ1v) is 8.41. The van der Waals surface area contributed by atoms with Crippen molar-refractivity contribution in [2.75, 3.05) is 10.6 Å². The Kier molecular flexibility index (Phi) is 4.75. The van der Waals surface area contributed by atoms with E-state index in [0.717, 1.165) is 6.42 Å². The van der Waals surface area contributed by atoms with Crippen LogP contribution in [0.5, 0.6) is 0 Å². The Bertz CT molecular complexity index is 874. The second-order valence-electron chi connectivity index (χ2n) is 6.68. The molecule has 0 saturated heterocycles.